The van der Waals surface area contributed by atoms with Crippen molar-refractivity contribution in [3.63, 3.8) is 0 Å². The zero-order chi connectivity index (χ0) is 16.1. The van der Waals surface area contributed by atoms with E-state index >= 15 is 0 Å². The van der Waals surface area contributed by atoms with Crippen LogP contribution in [0.1, 0.15) is 58.3 Å². The minimum absolute atomic E-state index is 0.0109. The lowest BCUT2D eigenvalue weighted by Crippen LogP contribution is -2.27. The topological polar surface area (TPSA) is 35.5 Å². The Morgan fingerprint density at radius 3 is 2.14 bits per heavy atom. The quantitative estimate of drug-likeness (QED) is 0.206. The van der Waals surface area contributed by atoms with Crippen LogP contribution in [0.15, 0.2) is 12.7 Å². The normalized spacial score (nSPS) is 13.0. The van der Waals surface area contributed by atoms with Gasteiger partial charge in [0.05, 0.1) is 6.10 Å². The van der Waals surface area contributed by atoms with E-state index in [2.05, 4.69) is 19.7 Å². The molecule has 1 atom stereocenters. The minimum atomic E-state index is -1.34. The van der Waals surface area contributed by atoms with Gasteiger partial charge in [-0.3, -0.25) is 0 Å². The highest BCUT2D eigenvalue weighted by Gasteiger charge is 2.19. The molecule has 3 nitrogen and oxygen atoms in total. The average Bonchev–Trinajstić information content (AvgIpc) is 2.45. The standard InChI is InChI=1S/C17H34O3Si/c1-6-17(18)20-16(2)14-12-10-8-7-9-11-13-15-21(4,5)19-3/h6,16H,1,7-15H2,2-5H3. The lowest BCUT2D eigenvalue weighted by Gasteiger charge is -2.19. The van der Waals surface area contributed by atoms with Crippen molar-refractivity contribution in [2.45, 2.75) is 83.5 Å². The molecule has 0 saturated carbocycles. The molecule has 1 unspecified atom stereocenters. The Morgan fingerprint density at radius 1 is 1.10 bits per heavy atom. The fourth-order valence-electron chi connectivity index (χ4n) is 2.27. The molecule has 0 radical (unpaired) electrons. The van der Waals surface area contributed by atoms with Gasteiger partial charge in [0, 0.05) is 13.2 Å². The summed E-state index contributed by atoms with van der Waals surface area (Å²) in [5.74, 6) is -0.315. The summed E-state index contributed by atoms with van der Waals surface area (Å²) in [4.78, 5) is 11.0. The van der Waals surface area contributed by atoms with Gasteiger partial charge in [-0.15, -0.1) is 0 Å². The number of unbranched alkanes of at least 4 members (excludes halogenated alkanes) is 6. The van der Waals surface area contributed by atoms with Crippen molar-refractivity contribution in [3.05, 3.63) is 12.7 Å². The molecule has 0 bridgehead atoms. The molecule has 0 amide bonds. The first-order valence-corrected chi connectivity index (χ1v) is 11.4. The van der Waals surface area contributed by atoms with Gasteiger partial charge in [-0.1, -0.05) is 45.1 Å². The Bertz CT molecular complexity index is 290. The van der Waals surface area contributed by atoms with Crippen LogP contribution in [0.2, 0.25) is 19.1 Å². The highest BCUT2D eigenvalue weighted by Crippen LogP contribution is 2.17. The Labute approximate surface area is 132 Å². The zero-order valence-electron chi connectivity index (χ0n) is 14.5. The summed E-state index contributed by atoms with van der Waals surface area (Å²) in [6, 6.07) is 1.27. The summed E-state index contributed by atoms with van der Waals surface area (Å²) >= 11 is 0. The summed E-state index contributed by atoms with van der Waals surface area (Å²) in [6.07, 6.45) is 11.1. The predicted octanol–water partition coefficient (Wildman–Crippen LogP) is 5.08. The van der Waals surface area contributed by atoms with E-state index in [1.165, 1.54) is 50.6 Å². The molecule has 0 fully saturated rings. The van der Waals surface area contributed by atoms with Crippen LogP contribution < -0.4 is 0 Å². The van der Waals surface area contributed by atoms with E-state index in [1.54, 1.807) is 0 Å². The maximum atomic E-state index is 11.0. The van der Waals surface area contributed by atoms with Gasteiger partial charge in [0.1, 0.15) is 0 Å². The van der Waals surface area contributed by atoms with Crippen molar-refractivity contribution < 1.29 is 14.0 Å². The Hall–Kier alpha value is -0.613. The fraction of sp³-hybridized carbons (Fsp3) is 0.824. The third-order valence-corrected chi connectivity index (χ3v) is 6.59. The molecule has 0 aliphatic carbocycles. The molecule has 0 aliphatic rings. The van der Waals surface area contributed by atoms with Gasteiger partial charge in [0.25, 0.3) is 0 Å². The lowest BCUT2D eigenvalue weighted by atomic mass is 10.1. The van der Waals surface area contributed by atoms with Crippen molar-refractivity contribution in [2.24, 2.45) is 0 Å². The van der Waals surface area contributed by atoms with Crippen molar-refractivity contribution in [3.8, 4) is 0 Å². The molecule has 0 aromatic rings. The van der Waals surface area contributed by atoms with Gasteiger partial charge < -0.3 is 9.16 Å². The van der Waals surface area contributed by atoms with Crippen LogP contribution >= 0.6 is 0 Å². The molecule has 0 aliphatic heterocycles. The Balaban J connectivity index is 3.33. The Morgan fingerprint density at radius 2 is 1.62 bits per heavy atom. The Kier molecular flexibility index (Phi) is 11.6. The smallest absolute Gasteiger partial charge is 0.330 e. The van der Waals surface area contributed by atoms with Gasteiger partial charge in [0.15, 0.2) is 8.32 Å². The number of ether oxygens (including phenoxy) is 1. The fourth-order valence-corrected chi connectivity index (χ4v) is 3.58. The van der Waals surface area contributed by atoms with Crippen molar-refractivity contribution >= 4 is 14.3 Å². The van der Waals surface area contributed by atoms with E-state index < -0.39 is 8.32 Å². The highest BCUT2D eigenvalue weighted by atomic mass is 28.4. The molecular weight excluding hydrogens is 280 g/mol. The summed E-state index contributed by atoms with van der Waals surface area (Å²) in [5.41, 5.74) is 0. The maximum Gasteiger partial charge on any atom is 0.330 e. The molecule has 0 aromatic heterocycles. The maximum absolute atomic E-state index is 11.0. The molecule has 124 valence electrons. The molecule has 0 aromatic carbocycles. The molecule has 0 N–H and O–H groups in total. The van der Waals surface area contributed by atoms with Gasteiger partial charge >= 0.3 is 5.97 Å². The number of carbonyl (C=O) groups is 1. The number of carbonyl (C=O) groups excluding carboxylic acids is 1. The summed E-state index contributed by atoms with van der Waals surface area (Å²) in [6.45, 7) is 9.92. The van der Waals surface area contributed by atoms with E-state index in [0.717, 1.165) is 12.8 Å². The van der Waals surface area contributed by atoms with E-state index in [4.69, 9.17) is 9.16 Å². The van der Waals surface area contributed by atoms with E-state index in [9.17, 15) is 4.79 Å². The first-order valence-electron chi connectivity index (χ1n) is 8.29. The second kappa shape index (κ2) is 12.0. The molecular formula is C17H34O3Si. The first-order chi connectivity index (χ1) is 9.91. The van der Waals surface area contributed by atoms with Crippen LogP contribution in [0, 0.1) is 0 Å². The SMILES string of the molecule is C=CC(=O)OC(C)CCCCCCCCC[Si](C)(C)OC. The van der Waals surface area contributed by atoms with Gasteiger partial charge in [-0.2, -0.15) is 0 Å². The van der Waals surface area contributed by atoms with Gasteiger partial charge in [0.2, 0.25) is 0 Å². The summed E-state index contributed by atoms with van der Waals surface area (Å²) in [5, 5.41) is 0. The predicted molar refractivity (Wildman–Crippen MR) is 92.0 cm³/mol. The van der Waals surface area contributed by atoms with Gasteiger partial charge in [-0.05, 0) is 38.9 Å². The van der Waals surface area contributed by atoms with Crippen molar-refractivity contribution in [2.75, 3.05) is 7.11 Å². The molecule has 0 spiro atoms. The molecule has 4 heteroatoms. The highest BCUT2D eigenvalue weighted by molar-refractivity contribution is 6.71. The first kappa shape index (κ1) is 20.4. The van der Waals surface area contributed by atoms with Crippen LogP contribution in [-0.4, -0.2) is 27.5 Å². The van der Waals surface area contributed by atoms with E-state index in [-0.39, 0.29) is 12.1 Å². The van der Waals surface area contributed by atoms with Crippen LogP contribution in [0.25, 0.3) is 0 Å². The largest absolute Gasteiger partial charge is 0.460 e. The lowest BCUT2D eigenvalue weighted by molar-refractivity contribution is -0.142. The summed E-state index contributed by atoms with van der Waals surface area (Å²) in [7, 11) is 0.510. The van der Waals surface area contributed by atoms with Gasteiger partial charge in [-0.25, -0.2) is 4.79 Å². The zero-order valence-corrected chi connectivity index (χ0v) is 15.5. The third-order valence-electron chi connectivity index (χ3n) is 3.93. The number of rotatable bonds is 13. The number of hydrogen-bond donors (Lipinski definition) is 0. The third kappa shape index (κ3) is 12.8. The number of hydrogen-bond acceptors (Lipinski definition) is 3. The van der Waals surface area contributed by atoms with Crippen molar-refractivity contribution in [1.29, 1.82) is 0 Å². The minimum Gasteiger partial charge on any atom is -0.460 e. The number of esters is 1. The molecule has 0 rings (SSSR count). The van der Waals surface area contributed by atoms with Crippen LogP contribution in [-0.2, 0) is 14.0 Å². The second-order valence-corrected chi connectivity index (χ2v) is 10.9. The molecule has 0 heterocycles. The monoisotopic (exact) mass is 314 g/mol. The van der Waals surface area contributed by atoms with E-state index in [0.29, 0.717) is 0 Å². The van der Waals surface area contributed by atoms with Crippen molar-refractivity contribution in [1.82, 2.24) is 0 Å². The van der Waals surface area contributed by atoms with E-state index in [1.807, 2.05) is 14.0 Å². The van der Waals surface area contributed by atoms with Crippen LogP contribution in [0.5, 0.6) is 0 Å². The molecule has 0 saturated heterocycles. The summed E-state index contributed by atoms with van der Waals surface area (Å²) < 4.78 is 10.7. The average molecular weight is 315 g/mol. The molecule has 21 heavy (non-hydrogen) atoms. The van der Waals surface area contributed by atoms with Crippen LogP contribution in [0.3, 0.4) is 0 Å². The van der Waals surface area contributed by atoms with Crippen LogP contribution in [0.4, 0.5) is 0 Å². The second-order valence-electron chi connectivity index (χ2n) is 6.43.